The molecule has 1 saturated heterocycles. The number of rotatable bonds is 7. The van der Waals surface area contributed by atoms with Crippen LogP contribution in [0.4, 0.5) is 4.39 Å². The molecule has 0 spiro atoms. The summed E-state index contributed by atoms with van der Waals surface area (Å²) in [6.45, 7) is 3.27. The Morgan fingerprint density at radius 3 is 2.45 bits per heavy atom. The maximum Gasteiger partial charge on any atom is 0.163 e. The number of benzene rings is 1. The van der Waals surface area contributed by atoms with Crippen LogP contribution in [0.25, 0.3) is 0 Å². The average Bonchev–Trinajstić information content (AvgIpc) is 2.55. The van der Waals surface area contributed by atoms with Crippen molar-refractivity contribution in [3.63, 3.8) is 0 Å². The molecular formula is C17H26FNO3. The Bertz CT molecular complexity index is 475. The highest BCUT2D eigenvalue weighted by Gasteiger charge is 2.16. The summed E-state index contributed by atoms with van der Waals surface area (Å²) in [6.07, 6.45) is 3.41. The SMILES string of the molecule is COc1cc(F)c(CN(C)CCC2CCOCC2)cc1OC. The third-order valence-corrected chi connectivity index (χ3v) is 4.25. The van der Waals surface area contributed by atoms with Gasteiger partial charge >= 0.3 is 0 Å². The van der Waals surface area contributed by atoms with E-state index in [9.17, 15) is 4.39 Å². The molecule has 0 bridgehead atoms. The van der Waals surface area contributed by atoms with Crippen LogP contribution in [-0.4, -0.2) is 45.9 Å². The predicted molar refractivity (Wildman–Crippen MR) is 84.0 cm³/mol. The van der Waals surface area contributed by atoms with Gasteiger partial charge in [-0.2, -0.15) is 0 Å². The molecule has 5 heteroatoms. The van der Waals surface area contributed by atoms with Gasteiger partial charge in [-0.1, -0.05) is 0 Å². The molecule has 0 radical (unpaired) electrons. The van der Waals surface area contributed by atoms with Crippen molar-refractivity contribution < 1.29 is 18.6 Å². The molecule has 22 heavy (non-hydrogen) atoms. The predicted octanol–water partition coefficient (Wildman–Crippen LogP) is 3.09. The minimum atomic E-state index is -0.254. The third kappa shape index (κ3) is 4.58. The Hall–Kier alpha value is -1.33. The van der Waals surface area contributed by atoms with Gasteiger partial charge in [0, 0.05) is 31.4 Å². The van der Waals surface area contributed by atoms with Crippen molar-refractivity contribution in [2.75, 3.05) is 41.0 Å². The van der Waals surface area contributed by atoms with E-state index >= 15 is 0 Å². The zero-order chi connectivity index (χ0) is 15.9. The second-order valence-electron chi connectivity index (χ2n) is 5.88. The van der Waals surface area contributed by atoms with Crippen LogP contribution < -0.4 is 9.47 Å². The summed E-state index contributed by atoms with van der Waals surface area (Å²) in [7, 11) is 5.10. The van der Waals surface area contributed by atoms with Crippen LogP contribution in [0.15, 0.2) is 12.1 Å². The summed E-state index contributed by atoms with van der Waals surface area (Å²) < 4.78 is 29.9. The van der Waals surface area contributed by atoms with Gasteiger partial charge in [0.05, 0.1) is 14.2 Å². The van der Waals surface area contributed by atoms with Gasteiger partial charge in [0.15, 0.2) is 11.5 Å². The van der Waals surface area contributed by atoms with Crippen LogP contribution in [0.3, 0.4) is 0 Å². The zero-order valence-electron chi connectivity index (χ0n) is 13.7. The van der Waals surface area contributed by atoms with Gasteiger partial charge in [-0.25, -0.2) is 4.39 Å². The van der Waals surface area contributed by atoms with Crippen LogP contribution >= 0.6 is 0 Å². The van der Waals surface area contributed by atoms with E-state index in [1.165, 1.54) is 13.2 Å². The Balaban J connectivity index is 1.91. The summed E-state index contributed by atoms with van der Waals surface area (Å²) in [6, 6.07) is 3.11. The molecule has 124 valence electrons. The smallest absolute Gasteiger partial charge is 0.163 e. The lowest BCUT2D eigenvalue weighted by Gasteiger charge is -2.25. The van der Waals surface area contributed by atoms with Gasteiger partial charge in [-0.05, 0) is 44.8 Å². The number of nitrogens with zero attached hydrogens (tertiary/aromatic N) is 1. The van der Waals surface area contributed by atoms with Gasteiger partial charge in [0.1, 0.15) is 5.82 Å². The Morgan fingerprint density at radius 2 is 1.82 bits per heavy atom. The van der Waals surface area contributed by atoms with E-state index in [0.717, 1.165) is 44.9 Å². The fourth-order valence-electron chi connectivity index (χ4n) is 2.83. The van der Waals surface area contributed by atoms with E-state index in [2.05, 4.69) is 4.90 Å². The fraction of sp³-hybridized carbons (Fsp3) is 0.647. The van der Waals surface area contributed by atoms with Crippen LogP contribution in [0.5, 0.6) is 11.5 Å². The zero-order valence-corrected chi connectivity index (χ0v) is 13.7. The molecule has 1 aliphatic rings. The minimum absolute atomic E-state index is 0.254. The van der Waals surface area contributed by atoms with E-state index in [1.54, 1.807) is 13.2 Å². The number of halogens is 1. The van der Waals surface area contributed by atoms with Crippen LogP contribution in [0, 0.1) is 11.7 Å². The first-order valence-electron chi connectivity index (χ1n) is 7.80. The van der Waals surface area contributed by atoms with E-state index in [-0.39, 0.29) is 5.82 Å². The fourth-order valence-corrected chi connectivity index (χ4v) is 2.83. The topological polar surface area (TPSA) is 30.9 Å². The summed E-state index contributed by atoms with van der Waals surface area (Å²) in [5, 5.41) is 0. The van der Waals surface area contributed by atoms with Gasteiger partial charge in [0.2, 0.25) is 0 Å². The summed E-state index contributed by atoms with van der Waals surface area (Å²) >= 11 is 0. The quantitative estimate of drug-likeness (QED) is 0.774. The normalized spacial score (nSPS) is 16.0. The van der Waals surface area contributed by atoms with Crippen molar-refractivity contribution >= 4 is 0 Å². The van der Waals surface area contributed by atoms with Crippen molar-refractivity contribution in [2.24, 2.45) is 5.92 Å². The molecule has 0 aromatic heterocycles. The number of hydrogen-bond acceptors (Lipinski definition) is 4. The Labute approximate surface area is 132 Å². The highest BCUT2D eigenvalue weighted by Crippen LogP contribution is 2.30. The average molecular weight is 311 g/mol. The molecular weight excluding hydrogens is 285 g/mol. The van der Waals surface area contributed by atoms with Crippen molar-refractivity contribution in [1.82, 2.24) is 4.90 Å². The van der Waals surface area contributed by atoms with Gasteiger partial charge in [-0.15, -0.1) is 0 Å². The van der Waals surface area contributed by atoms with Crippen LogP contribution in [0.2, 0.25) is 0 Å². The minimum Gasteiger partial charge on any atom is -0.493 e. The monoisotopic (exact) mass is 311 g/mol. The lowest BCUT2D eigenvalue weighted by atomic mass is 9.96. The molecule has 1 aliphatic heterocycles. The molecule has 0 unspecified atom stereocenters. The van der Waals surface area contributed by atoms with Crippen LogP contribution in [0.1, 0.15) is 24.8 Å². The number of methoxy groups -OCH3 is 2. The summed E-state index contributed by atoms with van der Waals surface area (Å²) in [4.78, 5) is 2.15. The van der Waals surface area contributed by atoms with Gasteiger partial charge in [-0.3, -0.25) is 0 Å². The highest BCUT2D eigenvalue weighted by molar-refractivity contribution is 5.43. The first-order chi connectivity index (χ1) is 10.6. The third-order valence-electron chi connectivity index (χ3n) is 4.25. The van der Waals surface area contributed by atoms with Crippen molar-refractivity contribution in [3.05, 3.63) is 23.5 Å². The van der Waals surface area contributed by atoms with Crippen molar-refractivity contribution in [3.8, 4) is 11.5 Å². The Morgan fingerprint density at radius 1 is 1.18 bits per heavy atom. The largest absolute Gasteiger partial charge is 0.493 e. The van der Waals surface area contributed by atoms with E-state index < -0.39 is 0 Å². The number of hydrogen-bond donors (Lipinski definition) is 0. The van der Waals surface area contributed by atoms with E-state index in [0.29, 0.717) is 23.6 Å². The molecule has 0 saturated carbocycles. The molecule has 1 aromatic rings. The first kappa shape index (κ1) is 17.0. The summed E-state index contributed by atoms with van der Waals surface area (Å²) in [5.74, 6) is 1.47. The van der Waals surface area contributed by atoms with E-state index in [1.807, 2.05) is 7.05 Å². The van der Waals surface area contributed by atoms with Crippen molar-refractivity contribution in [1.29, 1.82) is 0 Å². The summed E-state index contributed by atoms with van der Waals surface area (Å²) in [5.41, 5.74) is 0.632. The maximum atomic E-state index is 14.1. The van der Waals surface area contributed by atoms with E-state index in [4.69, 9.17) is 14.2 Å². The number of ether oxygens (including phenoxy) is 3. The standard InChI is InChI=1S/C17H26FNO3/c1-19(7-4-13-5-8-22-9-6-13)12-14-10-16(20-2)17(21-3)11-15(14)18/h10-11,13H,4-9,12H2,1-3H3. The molecule has 0 N–H and O–H groups in total. The lowest BCUT2D eigenvalue weighted by Crippen LogP contribution is -2.24. The molecule has 0 aliphatic carbocycles. The Kier molecular flexibility index (Phi) is 6.46. The molecule has 1 fully saturated rings. The lowest BCUT2D eigenvalue weighted by molar-refractivity contribution is 0.0607. The molecule has 2 rings (SSSR count). The second-order valence-corrected chi connectivity index (χ2v) is 5.88. The molecule has 4 nitrogen and oxygen atoms in total. The molecule has 0 amide bonds. The van der Waals surface area contributed by atoms with Gasteiger partial charge < -0.3 is 19.1 Å². The maximum absolute atomic E-state index is 14.1. The molecule has 1 heterocycles. The first-order valence-corrected chi connectivity index (χ1v) is 7.80. The van der Waals surface area contributed by atoms with Crippen molar-refractivity contribution in [2.45, 2.75) is 25.8 Å². The molecule has 0 atom stereocenters. The molecule has 1 aromatic carbocycles. The van der Waals surface area contributed by atoms with Gasteiger partial charge in [0.25, 0.3) is 0 Å². The van der Waals surface area contributed by atoms with Crippen LogP contribution in [-0.2, 0) is 11.3 Å². The second kappa shape index (κ2) is 8.34. The highest BCUT2D eigenvalue weighted by atomic mass is 19.1.